The minimum Gasteiger partial charge on any atom is -0.367 e. The first-order chi connectivity index (χ1) is 8.25. The summed E-state index contributed by atoms with van der Waals surface area (Å²) in [6, 6.07) is 0. The zero-order valence-corrected chi connectivity index (χ0v) is 10.2. The highest BCUT2D eigenvalue weighted by Gasteiger charge is 2.22. The van der Waals surface area contributed by atoms with Crippen molar-refractivity contribution in [2.24, 2.45) is 5.92 Å². The Morgan fingerprint density at radius 2 is 2.12 bits per heavy atom. The maximum Gasteiger partial charge on any atom is 0.274 e. The summed E-state index contributed by atoms with van der Waals surface area (Å²) in [7, 11) is 0. The molecular weight excluding hydrogens is 218 g/mol. The Bertz CT molecular complexity index is 298. The Kier molecular flexibility index (Phi) is 4.23. The molecule has 1 saturated heterocycles. The first-order valence-corrected chi connectivity index (χ1v) is 6.60. The normalized spacial score (nSPS) is 24.7. The smallest absolute Gasteiger partial charge is 0.274 e. The highest BCUT2D eigenvalue weighted by atomic mass is 16.6. The van der Waals surface area contributed by atoms with E-state index in [4.69, 9.17) is 0 Å². The summed E-state index contributed by atoms with van der Waals surface area (Å²) in [5.74, 6) is 1.42. The fourth-order valence-corrected chi connectivity index (χ4v) is 2.82. The summed E-state index contributed by atoms with van der Waals surface area (Å²) < 4.78 is 0. The zero-order valence-electron chi connectivity index (χ0n) is 10.2. The SMILES string of the molecule is O=[N+]([O-])C=C1NCCCN1CC1CCCCC1. The molecule has 1 N–H and O–H groups in total. The van der Waals surface area contributed by atoms with Gasteiger partial charge in [-0.15, -0.1) is 0 Å². The molecule has 1 heterocycles. The molecule has 2 rings (SSSR count). The van der Waals surface area contributed by atoms with Crippen LogP contribution in [0.3, 0.4) is 0 Å². The lowest BCUT2D eigenvalue weighted by Gasteiger charge is -2.35. The van der Waals surface area contributed by atoms with E-state index in [0.29, 0.717) is 5.82 Å². The molecule has 2 aliphatic rings. The van der Waals surface area contributed by atoms with Gasteiger partial charge in [-0.2, -0.15) is 0 Å². The van der Waals surface area contributed by atoms with Gasteiger partial charge >= 0.3 is 0 Å². The fraction of sp³-hybridized carbons (Fsp3) is 0.833. The minimum absolute atomic E-state index is 0.360. The van der Waals surface area contributed by atoms with Crippen molar-refractivity contribution >= 4 is 0 Å². The van der Waals surface area contributed by atoms with E-state index in [9.17, 15) is 10.1 Å². The molecule has 0 spiro atoms. The molecule has 0 aromatic carbocycles. The summed E-state index contributed by atoms with van der Waals surface area (Å²) in [4.78, 5) is 12.4. The van der Waals surface area contributed by atoms with Crippen molar-refractivity contribution in [2.45, 2.75) is 38.5 Å². The van der Waals surface area contributed by atoms with Crippen LogP contribution in [-0.2, 0) is 0 Å². The van der Waals surface area contributed by atoms with E-state index in [1.54, 1.807) is 0 Å². The van der Waals surface area contributed by atoms with Gasteiger partial charge in [-0.3, -0.25) is 10.1 Å². The maximum absolute atomic E-state index is 10.6. The highest BCUT2D eigenvalue weighted by molar-refractivity contribution is 4.98. The second-order valence-corrected chi connectivity index (χ2v) is 5.03. The monoisotopic (exact) mass is 239 g/mol. The molecule has 0 amide bonds. The number of nitro groups is 1. The number of hydrogen-bond donors (Lipinski definition) is 1. The van der Waals surface area contributed by atoms with Crippen LogP contribution in [0.2, 0.25) is 0 Å². The molecule has 0 aromatic rings. The molecule has 0 atom stereocenters. The average Bonchev–Trinajstić information content (AvgIpc) is 2.32. The van der Waals surface area contributed by atoms with Crippen LogP contribution in [0.25, 0.3) is 0 Å². The third-order valence-corrected chi connectivity index (χ3v) is 3.68. The van der Waals surface area contributed by atoms with Crippen molar-refractivity contribution in [3.63, 3.8) is 0 Å². The Hall–Kier alpha value is -1.26. The quantitative estimate of drug-likeness (QED) is 0.604. The topological polar surface area (TPSA) is 58.4 Å². The van der Waals surface area contributed by atoms with Crippen LogP contribution in [0, 0.1) is 16.0 Å². The largest absolute Gasteiger partial charge is 0.367 e. The molecule has 0 unspecified atom stereocenters. The summed E-state index contributed by atoms with van der Waals surface area (Å²) in [6.07, 6.45) is 8.74. The van der Waals surface area contributed by atoms with Crippen molar-refractivity contribution < 1.29 is 4.92 Å². The van der Waals surface area contributed by atoms with E-state index >= 15 is 0 Å². The van der Waals surface area contributed by atoms with Crippen LogP contribution in [-0.4, -0.2) is 29.5 Å². The molecule has 5 nitrogen and oxygen atoms in total. The summed E-state index contributed by atoms with van der Waals surface area (Å²) in [5, 5.41) is 13.7. The lowest BCUT2D eigenvalue weighted by molar-refractivity contribution is -0.404. The number of nitrogens with zero attached hydrogens (tertiary/aromatic N) is 2. The van der Waals surface area contributed by atoms with Gasteiger partial charge < -0.3 is 10.2 Å². The molecule has 0 radical (unpaired) electrons. The van der Waals surface area contributed by atoms with Gasteiger partial charge in [-0.1, -0.05) is 19.3 Å². The predicted octanol–water partition coefficient (Wildman–Crippen LogP) is 1.94. The molecule has 96 valence electrons. The van der Waals surface area contributed by atoms with Crippen molar-refractivity contribution in [1.82, 2.24) is 10.2 Å². The Balaban J connectivity index is 1.93. The van der Waals surface area contributed by atoms with Crippen molar-refractivity contribution in [1.29, 1.82) is 0 Å². The summed E-state index contributed by atoms with van der Waals surface area (Å²) in [5.41, 5.74) is 0. The van der Waals surface area contributed by atoms with Crippen LogP contribution in [0.15, 0.2) is 12.0 Å². The van der Waals surface area contributed by atoms with Gasteiger partial charge in [0.25, 0.3) is 6.20 Å². The first kappa shape index (κ1) is 12.2. The lowest BCUT2D eigenvalue weighted by Crippen LogP contribution is -2.42. The minimum atomic E-state index is -0.360. The third kappa shape index (κ3) is 3.61. The van der Waals surface area contributed by atoms with Gasteiger partial charge in [-0.05, 0) is 25.2 Å². The van der Waals surface area contributed by atoms with E-state index in [0.717, 1.165) is 38.2 Å². The second kappa shape index (κ2) is 5.89. The van der Waals surface area contributed by atoms with Crippen LogP contribution >= 0.6 is 0 Å². The zero-order chi connectivity index (χ0) is 12.1. The third-order valence-electron chi connectivity index (χ3n) is 3.68. The molecule has 0 aromatic heterocycles. The van der Waals surface area contributed by atoms with Gasteiger partial charge in [0.05, 0.1) is 4.92 Å². The molecule has 2 fully saturated rings. The lowest BCUT2D eigenvalue weighted by atomic mass is 9.89. The maximum atomic E-state index is 10.6. The second-order valence-electron chi connectivity index (χ2n) is 5.03. The fourth-order valence-electron chi connectivity index (χ4n) is 2.82. The highest BCUT2D eigenvalue weighted by Crippen LogP contribution is 2.25. The molecule has 17 heavy (non-hydrogen) atoms. The predicted molar refractivity (Wildman–Crippen MR) is 65.8 cm³/mol. The van der Waals surface area contributed by atoms with E-state index in [2.05, 4.69) is 10.2 Å². The first-order valence-electron chi connectivity index (χ1n) is 6.60. The Labute approximate surface area is 102 Å². The van der Waals surface area contributed by atoms with Gasteiger partial charge in [-0.25, -0.2) is 0 Å². The summed E-state index contributed by atoms with van der Waals surface area (Å²) in [6.45, 7) is 2.77. The van der Waals surface area contributed by atoms with E-state index in [1.165, 1.54) is 32.1 Å². The van der Waals surface area contributed by atoms with E-state index < -0.39 is 0 Å². The molecular formula is C12H21N3O2. The Morgan fingerprint density at radius 1 is 1.35 bits per heavy atom. The van der Waals surface area contributed by atoms with Gasteiger partial charge in [0, 0.05) is 19.6 Å². The van der Waals surface area contributed by atoms with Crippen LogP contribution < -0.4 is 5.32 Å². The average molecular weight is 239 g/mol. The summed E-state index contributed by atoms with van der Waals surface area (Å²) >= 11 is 0. The van der Waals surface area contributed by atoms with Crippen molar-refractivity contribution in [2.75, 3.05) is 19.6 Å². The van der Waals surface area contributed by atoms with Gasteiger partial charge in [0.1, 0.15) is 0 Å². The van der Waals surface area contributed by atoms with Crippen LogP contribution in [0.5, 0.6) is 0 Å². The number of rotatable bonds is 3. The number of hydrogen-bond acceptors (Lipinski definition) is 4. The van der Waals surface area contributed by atoms with E-state index in [-0.39, 0.29) is 4.92 Å². The van der Waals surface area contributed by atoms with Gasteiger partial charge in [0.15, 0.2) is 5.82 Å². The molecule has 1 aliphatic heterocycles. The van der Waals surface area contributed by atoms with Crippen molar-refractivity contribution in [3.8, 4) is 0 Å². The molecule has 5 heteroatoms. The molecule has 1 saturated carbocycles. The van der Waals surface area contributed by atoms with Gasteiger partial charge in [0.2, 0.25) is 0 Å². The Morgan fingerprint density at radius 3 is 2.82 bits per heavy atom. The standard InChI is InChI=1S/C12H21N3O2/c16-15(17)10-12-13-7-4-8-14(12)9-11-5-2-1-3-6-11/h10-11,13H,1-9H2. The van der Waals surface area contributed by atoms with Crippen LogP contribution in [0.1, 0.15) is 38.5 Å². The molecule has 0 bridgehead atoms. The van der Waals surface area contributed by atoms with Crippen molar-refractivity contribution in [3.05, 3.63) is 22.1 Å². The van der Waals surface area contributed by atoms with Crippen LogP contribution in [0.4, 0.5) is 0 Å². The number of nitrogens with one attached hydrogen (secondary N) is 1. The molecule has 1 aliphatic carbocycles. The van der Waals surface area contributed by atoms with E-state index in [1.807, 2.05) is 0 Å².